The van der Waals surface area contributed by atoms with E-state index in [1.54, 1.807) is 0 Å². The average molecular weight is 286 g/mol. The quantitative estimate of drug-likeness (QED) is 0.735. The Balaban J connectivity index is 1.94. The van der Waals surface area contributed by atoms with Crippen molar-refractivity contribution >= 4 is 5.78 Å². The highest BCUT2D eigenvalue weighted by Crippen LogP contribution is 2.38. The first kappa shape index (κ1) is 16.3. The van der Waals surface area contributed by atoms with E-state index in [1.807, 2.05) is 0 Å². The molecule has 0 bridgehead atoms. The molecule has 0 aromatic heterocycles. The summed E-state index contributed by atoms with van der Waals surface area (Å²) < 4.78 is 0. The zero-order valence-corrected chi connectivity index (χ0v) is 14.3. The molecule has 1 aliphatic rings. The molecule has 0 aliphatic heterocycles. The maximum Gasteiger partial charge on any atom is 0.140 e. The second kappa shape index (κ2) is 5.94. The van der Waals surface area contributed by atoms with Crippen LogP contribution in [-0.2, 0) is 16.6 Å². The van der Waals surface area contributed by atoms with E-state index in [0.717, 1.165) is 18.4 Å². The van der Waals surface area contributed by atoms with E-state index < -0.39 is 0 Å². The van der Waals surface area contributed by atoms with Crippen molar-refractivity contribution in [2.75, 3.05) is 0 Å². The highest BCUT2D eigenvalue weighted by Gasteiger charge is 2.30. The molecule has 1 nitrogen and oxygen atoms in total. The Bertz CT molecular complexity index is 478. The Hall–Kier alpha value is -1.11. The highest BCUT2D eigenvalue weighted by atomic mass is 16.1. The minimum absolute atomic E-state index is 0.178. The van der Waals surface area contributed by atoms with Crippen molar-refractivity contribution in [3.63, 3.8) is 0 Å². The first-order valence-electron chi connectivity index (χ1n) is 8.29. The number of carbonyl (C=O) groups excluding carboxylic acids is 1. The van der Waals surface area contributed by atoms with Crippen LogP contribution in [0.25, 0.3) is 0 Å². The zero-order valence-electron chi connectivity index (χ0n) is 14.3. The van der Waals surface area contributed by atoms with E-state index in [0.29, 0.717) is 23.5 Å². The third kappa shape index (κ3) is 4.43. The smallest absolute Gasteiger partial charge is 0.140 e. The normalized spacial score (nSPS) is 19.5. The monoisotopic (exact) mass is 286 g/mol. The van der Waals surface area contributed by atoms with E-state index >= 15 is 0 Å². The molecule has 0 unspecified atom stereocenters. The van der Waals surface area contributed by atoms with Gasteiger partial charge in [0.05, 0.1) is 0 Å². The third-order valence-electron chi connectivity index (χ3n) is 4.99. The lowest BCUT2D eigenvalue weighted by Gasteiger charge is -2.33. The van der Waals surface area contributed by atoms with Gasteiger partial charge in [-0.15, -0.1) is 0 Å². The Morgan fingerprint density at radius 3 is 2.10 bits per heavy atom. The molecule has 0 heterocycles. The standard InChI is InChI=1S/C20H30O/c1-19(2,3)17-8-6-15(7-9-17)14-18(21)16-10-12-20(4,5)13-11-16/h6-9,16H,10-14H2,1-5H3. The van der Waals surface area contributed by atoms with Crippen LogP contribution in [-0.4, -0.2) is 5.78 Å². The second-order valence-corrected chi connectivity index (χ2v) is 8.53. The van der Waals surface area contributed by atoms with Crippen LogP contribution < -0.4 is 0 Å². The summed E-state index contributed by atoms with van der Waals surface area (Å²) in [6.45, 7) is 11.3. The van der Waals surface area contributed by atoms with Gasteiger partial charge in [0.1, 0.15) is 5.78 Å². The molecular weight excluding hydrogens is 256 g/mol. The van der Waals surface area contributed by atoms with Crippen LogP contribution in [0.1, 0.15) is 71.4 Å². The van der Waals surface area contributed by atoms with Gasteiger partial charge in [-0.1, -0.05) is 58.9 Å². The van der Waals surface area contributed by atoms with Crippen molar-refractivity contribution in [1.82, 2.24) is 0 Å². The molecule has 0 saturated heterocycles. The van der Waals surface area contributed by atoms with E-state index in [2.05, 4.69) is 58.9 Å². The third-order valence-corrected chi connectivity index (χ3v) is 4.99. The van der Waals surface area contributed by atoms with Crippen molar-refractivity contribution in [2.24, 2.45) is 11.3 Å². The predicted octanol–water partition coefficient (Wildman–Crippen LogP) is 5.31. The van der Waals surface area contributed by atoms with Crippen molar-refractivity contribution in [2.45, 2.75) is 72.1 Å². The summed E-state index contributed by atoms with van der Waals surface area (Å²) in [6.07, 6.45) is 5.13. The fourth-order valence-corrected chi connectivity index (χ4v) is 3.19. The topological polar surface area (TPSA) is 17.1 Å². The summed E-state index contributed by atoms with van der Waals surface area (Å²) >= 11 is 0. The van der Waals surface area contributed by atoms with E-state index in [9.17, 15) is 4.79 Å². The van der Waals surface area contributed by atoms with E-state index in [1.165, 1.54) is 18.4 Å². The summed E-state index contributed by atoms with van der Waals surface area (Å²) in [4.78, 5) is 12.5. The summed E-state index contributed by atoms with van der Waals surface area (Å²) in [5.41, 5.74) is 3.11. The Morgan fingerprint density at radius 1 is 1.10 bits per heavy atom. The molecule has 0 amide bonds. The molecule has 116 valence electrons. The largest absolute Gasteiger partial charge is 0.299 e. The van der Waals surface area contributed by atoms with Gasteiger partial charge in [0.25, 0.3) is 0 Å². The van der Waals surface area contributed by atoms with Gasteiger partial charge < -0.3 is 0 Å². The highest BCUT2D eigenvalue weighted by molar-refractivity contribution is 5.83. The zero-order chi connectivity index (χ0) is 15.7. The van der Waals surface area contributed by atoms with Gasteiger partial charge in [0.2, 0.25) is 0 Å². The summed E-state index contributed by atoms with van der Waals surface area (Å²) in [6, 6.07) is 8.61. The number of rotatable bonds is 3. The van der Waals surface area contributed by atoms with Crippen LogP contribution >= 0.6 is 0 Å². The molecule has 1 fully saturated rings. The first-order chi connectivity index (χ1) is 9.67. The maximum atomic E-state index is 12.5. The molecule has 0 atom stereocenters. The molecule has 0 N–H and O–H groups in total. The van der Waals surface area contributed by atoms with Crippen LogP contribution in [0.2, 0.25) is 0 Å². The lowest BCUT2D eigenvalue weighted by molar-refractivity contribution is -0.123. The predicted molar refractivity (Wildman–Crippen MR) is 89.6 cm³/mol. The van der Waals surface area contributed by atoms with Gasteiger partial charge in [0.15, 0.2) is 0 Å². The SMILES string of the molecule is CC1(C)CCC(C(=O)Cc2ccc(C(C)(C)C)cc2)CC1. The maximum absolute atomic E-state index is 12.5. The van der Waals surface area contributed by atoms with Crippen LogP contribution in [0, 0.1) is 11.3 Å². The van der Waals surface area contributed by atoms with Gasteiger partial charge in [0, 0.05) is 12.3 Å². The molecule has 1 saturated carbocycles. The summed E-state index contributed by atoms with van der Waals surface area (Å²) in [7, 11) is 0. The summed E-state index contributed by atoms with van der Waals surface area (Å²) in [5, 5.41) is 0. The Labute approximate surface area is 130 Å². The van der Waals surface area contributed by atoms with Crippen molar-refractivity contribution < 1.29 is 4.79 Å². The van der Waals surface area contributed by atoms with Crippen LogP contribution in [0.4, 0.5) is 0 Å². The Kier molecular flexibility index (Phi) is 4.60. The lowest BCUT2D eigenvalue weighted by atomic mass is 9.71. The average Bonchev–Trinajstić information content (AvgIpc) is 2.38. The van der Waals surface area contributed by atoms with Gasteiger partial charge in [-0.2, -0.15) is 0 Å². The molecular formula is C20H30O. The van der Waals surface area contributed by atoms with Crippen molar-refractivity contribution in [3.05, 3.63) is 35.4 Å². The van der Waals surface area contributed by atoms with Crippen molar-refractivity contribution in [1.29, 1.82) is 0 Å². The van der Waals surface area contributed by atoms with Crippen LogP contribution in [0.5, 0.6) is 0 Å². The second-order valence-electron chi connectivity index (χ2n) is 8.53. The van der Waals surface area contributed by atoms with Gasteiger partial charge in [-0.25, -0.2) is 0 Å². The molecule has 1 aliphatic carbocycles. The number of carbonyl (C=O) groups is 1. The fourth-order valence-electron chi connectivity index (χ4n) is 3.19. The number of hydrogen-bond acceptors (Lipinski definition) is 1. The van der Waals surface area contributed by atoms with Crippen LogP contribution in [0.3, 0.4) is 0 Å². The fraction of sp³-hybridized carbons (Fsp3) is 0.650. The summed E-state index contributed by atoms with van der Waals surface area (Å²) in [5.74, 6) is 0.731. The van der Waals surface area contributed by atoms with Gasteiger partial charge in [-0.05, 0) is 47.6 Å². The molecule has 21 heavy (non-hydrogen) atoms. The molecule has 0 radical (unpaired) electrons. The number of benzene rings is 1. The minimum atomic E-state index is 0.178. The molecule has 1 aromatic rings. The van der Waals surface area contributed by atoms with Crippen LogP contribution in [0.15, 0.2) is 24.3 Å². The number of Topliss-reactive ketones (excluding diaryl/α,β-unsaturated/α-hetero) is 1. The molecule has 1 aromatic carbocycles. The molecule has 2 rings (SSSR count). The van der Waals surface area contributed by atoms with Gasteiger partial charge in [-0.3, -0.25) is 4.79 Å². The molecule has 0 spiro atoms. The first-order valence-corrected chi connectivity index (χ1v) is 8.29. The van der Waals surface area contributed by atoms with E-state index in [4.69, 9.17) is 0 Å². The lowest BCUT2D eigenvalue weighted by Crippen LogP contribution is -2.27. The molecule has 1 heteroatoms. The van der Waals surface area contributed by atoms with Crippen molar-refractivity contribution in [3.8, 4) is 0 Å². The minimum Gasteiger partial charge on any atom is -0.299 e. The van der Waals surface area contributed by atoms with E-state index in [-0.39, 0.29) is 5.41 Å². The number of hydrogen-bond donors (Lipinski definition) is 0. The number of ketones is 1. The van der Waals surface area contributed by atoms with Gasteiger partial charge >= 0.3 is 0 Å². The Morgan fingerprint density at radius 2 is 1.62 bits per heavy atom.